The lowest BCUT2D eigenvalue weighted by Crippen LogP contribution is -2.23. The molecule has 20 heavy (non-hydrogen) atoms. The van der Waals surface area contributed by atoms with E-state index >= 15 is 0 Å². The molecule has 0 aliphatic carbocycles. The van der Waals surface area contributed by atoms with E-state index in [1.807, 2.05) is 24.4 Å². The SMILES string of the molecule is CCOC(=O)CCC(=O)NCc1cnn2ccccc12. The van der Waals surface area contributed by atoms with Crippen LogP contribution in [0.15, 0.2) is 30.6 Å². The third-order valence-electron chi connectivity index (χ3n) is 2.84. The van der Waals surface area contributed by atoms with E-state index in [1.54, 1.807) is 17.6 Å². The fraction of sp³-hybridized carbons (Fsp3) is 0.357. The molecule has 0 aromatic carbocycles. The predicted molar refractivity (Wildman–Crippen MR) is 72.9 cm³/mol. The van der Waals surface area contributed by atoms with Crippen LogP contribution < -0.4 is 5.32 Å². The van der Waals surface area contributed by atoms with Crippen molar-refractivity contribution in [1.29, 1.82) is 0 Å². The van der Waals surface area contributed by atoms with Crippen molar-refractivity contribution in [2.75, 3.05) is 6.61 Å². The van der Waals surface area contributed by atoms with Gasteiger partial charge in [0, 0.05) is 24.7 Å². The Morgan fingerprint density at radius 2 is 2.20 bits per heavy atom. The molecule has 0 aliphatic heterocycles. The number of carbonyl (C=O) groups is 2. The first-order valence-corrected chi connectivity index (χ1v) is 6.54. The monoisotopic (exact) mass is 275 g/mol. The predicted octanol–water partition coefficient (Wildman–Crippen LogP) is 1.29. The van der Waals surface area contributed by atoms with Crippen LogP contribution in [0.4, 0.5) is 0 Å². The summed E-state index contributed by atoms with van der Waals surface area (Å²) < 4.78 is 6.52. The van der Waals surface area contributed by atoms with Crippen LogP contribution >= 0.6 is 0 Å². The normalized spacial score (nSPS) is 10.4. The van der Waals surface area contributed by atoms with Gasteiger partial charge in [0.25, 0.3) is 0 Å². The lowest BCUT2D eigenvalue weighted by molar-refractivity contribution is -0.144. The summed E-state index contributed by atoms with van der Waals surface area (Å²) in [5.41, 5.74) is 1.90. The van der Waals surface area contributed by atoms with Crippen molar-refractivity contribution in [1.82, 2.24) is 14.9 Å². The van der Waals surface area contributed by atoms with E-state index in [0.717, 1.165) is 11.1 Å². The van der Waals surface area contributed by atoms with Gasteiger partial charge in [-0.2, -0.15) is 5.10 Å². The molecule has 0 radical (unpaired) electrons. The number of esters is 1. The van der Waals surface area contributed by atoms with Gasteiger partial charge >= 0.3 is 5.97 Å². The molecule has 1 N–H and O–H groups in total. The highest BCUT2D eigenvalue weighted by Crippen LogP contribution is 2.09. The van der Waals surface area contributed by atoms with Gasteiger partial charge in [0.2, 0.25) is 5.91 Å². The summed E-state index contributed by atoms with van der Waals surface area (Å²) in [4.78, 5) is 22.8. The summed E-state index contributed by atoms with van der Waals surface area (Å²) in [6.07, 6.45) is 3.81. The van der Waals surface area contributed by atoms with Gasteiger partial charge in [-0.15, -0.1) is 0 Å². The largest absolute Gasteiger partial charge is 0.466 e. The van der Waals surface area contributed by atoms with Gasteiger partial charge in [-0.05, 0) is 19.1 Å². The number of fused-ring (bicyclic) bond motifs is 1. The average molecular weight is 275 g/mol. The van der Waals surface area contributed by atoms with E-state index in [0.29, 0.717) is 13.2 Å². The van der Waals surface area contributed by atoms with Crippen molar-refractivity contribution in [2.24, 2.45) is 0 Å². The molecule has 0 fully saturated rings. The van der Waals surface area contributed by atoms with Crippen molar-refractivity contribution in [3.05, 3.63) is 36.2 Å². The minimum atomic E-state index is -0.348. The number of pyridine rings is 1. The van der Waals surface area contributed by atoms with Gasteiger partial charge in [0.05, 0.1) is 24.7 Å². The van der Waals surface area contributed by atoms with Crippen molar-refractivity contribution in [2.45, 2.75) is 26.3 Å². The molecule has 0 unspecified atom stereocenters. The molecule has 106 valence electrons. The Kier molecular flexibility index (Phi) is 4.70. The second-order valence-corrected chi connectivity index (χ2v) is 4.28. The van der Waals surface area contributed by atoms with Crippen molar-refractivity contribution in [3.8, 4) is 0 Å². The van der Waals surface area contributed by atoms with Crippen molar-refractivity contribution < 1.29 is 14.3 Å². The fourth-order valence-corrected chi connectivity index (χ4v) is 1.85. The number of amides is 1. The quantitative estimate of drug-likeness (QED) is 0.806. The van der Waals surface area contributed by atoms with Crippen LogP contribution in [0.2, 0.25) is 0 Å². The number of hydrogen-bond acceptors (Lipinski definition) is 4. The minimum Gasteiger partial charge on any atom is -0.466 e. The molecule has 6 nitrogen and oxygen atoms in total. The van der Waals surface area contributed by atoms with E-state index in [2.05, 4.69) is 10.4 Å². The number of carbonyl (C=O) groups excluding carboxylic acids is 2. The zero-order chi connectivity index (χ0) is 14.4. The van der Waals surface area contributed by atoms with Crippen LogP contribution in [0.25, 0.3) is 5.52 Å². The Hall–Kier alpha value is -2.37. The first-order chi connectivity index (χ1) is 9.70. The maximum absolute atomic E-state index is 11.6. The van der Waals surface area contributed by atoms with Crippen LogP contribution in [0.3, 0.4) is 0 Å². The van der Waals surface area contributed by atoms with E-state index in [9.17, 15) is 9.59 Å². The summed E-state index contributed by atoms with van der Waals surface area (Å²) in [6, 6.07) is 5.75. The van der Waals surface area contributed by atoms with Crippen LogP contribution in [-0.2, 0) is 20.9 Å². The number of aromatic nitrogens is 2. The lowest BCUT2D eigenvalue weighted by atomic mass is 10.2. The molecule has 0 spiro atoms. The van der Waals surface area contributed by atoms with Gasteiger partial charge in [-0.3, -0.25) is 9.59 Å². The third-order valence-corrected chi connectivity index (χ3v) is 2.84. The first-order valence-electron chi connectivity index (χ1n) is 6.54. The summed E-state index contributed by atoms with van der Waals surface area (Å²) in [6.45, 7) is 2.47. The van der Waals surface area contributed by atoms with E-state index in [1.165, 1.54) is 0 Å². The number of hydrogen-bond donors (Lipinski definition) is 1. The summed E-state index contributed by atoms with van der Waals surface area (Å²) in [7, 11) is 0. The summed E-state index contributed by atoms with van der Waals surface area (Å²) in [5.74, 6) is -0.521. The minimum absolute atomic E-state index is 0.106. The Labute approximate surface area is 116 Å². The van der Waals surface area contributed by atoms with Gasteiger partial charge in [0.15, 0.2) is 0 Å². The Morgan fingerprint density at radius 1 is 1.35 bits per heavy atom. The van der Waals surface area contributed by atoms with E-state index in [4.69, 9.17) is 4.74 Å². The zero-order valence-corrected chi connectivity index (χ0v) is 11.3. The molecular weight excluding hydrogens is 258 g/mol. The Bertz CT molecular complexity index is 606. The lowest BCUT2D eigenvalue weighted by Gasteiger charge is -2.04. The van der Waals surface area contributed by atoms with Crippen molar-refractivity contribution >= 4 is 17.4 Å². The van der Waals surface area contributed by atoms with Crippen LogP contribution in [0.5, 0.6) is 0 Å². The summed E-state index contributed by atoms with van der Waals surface area (Å²) >= 11 is 0. The maximum Gasteiger partial charge on any atom is 0.306 e. The van der Waals surface area contributed by atoms with Crippen LogP contribution in [-0.4, -0.2) is 28.1 Å². The highest BCUT2D eigenvalue weighted by molar-refractivity contribution is 5.81. The molecule has 1 amide bonds. The molecule has 2 aromatic rings. The number of rotatable bonds is 6. The molecule has 0 saturated carbocycles. The molecule has 0 aliphatic rings. The zero-order valence-electron chi connectivity index (χ0n) is 11.3. The molecule has 0 atom stereocenters. The van der Waals surface area contributed by atoms with Gasteiger partial charge in [-0.1, -0.05) is 6.07 Å². The molecular formula is C14H17N3O3. The van der Waals surface area contributed by atoms with Crippen molar-refractivity contribution in [3.63, 3.8) is 0 Å². The molecule has 6 heteroatoms. The molecule has 2 aromatic heterocycles. The molecule has 2 rings (SSSR count). The second-order valence-electron chi connectivity index (χ2n) is 4.28. The Balaban J connectivity index is 1.83. The Morgan fingerprint density at radius 3 is 3.00 bits per heavy atom. The van der Waals surface area contributed by atoms with Gasteiger partial charge in [0.1, 0.15) is 0 Å². The summed E-state index contributed by atoms with van der Waals surface area (Å²) in [5, 5.41) is 6.96. The van der Waals surface area contributed by atoms with Crippen LogP contribution in [0.1, 0.15) is 25.3 Å². The van der Waals surface area contributed by atoms with E-state index < -0.39 is 0 Å². The highest BCUT2D eigenvalue weighted by Gasteiger charge is 2.08. The van der Waals surface area contributed by atoms with Crippen LogP contribution in [0, 0.1) is 0 Å². The first kappa shape index (κ1) is 14.0. The third kappa shape index (κ3) is 3.57. The standard InChI is InChI=1S/C14H17N3O3/c1-2-20-14(19)7-6-13(18)15-9-11-10-16-17-8-4-3-5-12(11)17/h3-5,8,10H,2,6-7,9H2,1H3,(H,15,18). The fourth-order valence-electron chi connectivity index (χ4n) is 1.85. The molecule has 2 heterocycles. The number of nitrogens with zero attached hydrogens (tertiary/aromatic N) is 2. The molecule has 0 bridgehead atoms. The average Bonchev–Trinajstić information content (AvgIpc) is 2.86. The molecule has 0 saturated heterocycles. The highest BCUT2D eigenvalue weighted by atomic mass is 16.5. The van der Waals surface area contributed by atoms with E-state index in [-0.39, 0.29) is 24.7 Å². The number of nitrogens with one attached hydrogen (secondary N) is 1. The topological polar surface area (TPSA) is 72.7 Å². The number of ether oxygens (including phenoxy) is 1. The second kappa shape index (κ2) is 6.70. The van der Waals surface area contributed by atoms with Gasteiger partial charge in [-0.25, -0.2) is 4.52 Å². The smallest absolute Gasteiger partial charge is 0.306 e. The van der Waals surface area contributed by atoms with Gasteiger partial charge < -0.3 is 10.1 Å². The maximum atomic E-state index is 11.6.